The number of aliphatic hydroxyl groups is 1. The number of benzene rings is 1. The fourth-order valence-corrected chi connectivity index (χ4v) is 2.15. The fourth-order valence-electron chi connectivity index (χ4n) is 1.42. The molecule has 90 valence electrons. The number of hydrogen-bond acceptors (Lipinski definition) is 3. The van der Waals surface area contributed by atoms with E-state index < -0.39 is 0 Å². The van der Waals surface area contributed by atoms with Crippen molar-refractivity contribution >= 4 is 21.6 Å². The summed E-state index contributed by atoms with van der Waals surface area (Å²) in [6.07, 6.45) is 0. The van der Waals surface area contributed by atoms with Crippen LogP contribution in [0.2, 0.25) is 0 Å². The minimum atomic E-state index is 0.0710. The van der Waals surface area contributed by atoms with Crippen molar-refractivity contribution in [3.05, 3.63) is 28.2 Å². The first-order chi connectivity index (χ1) is 7.69. The predicted molar refractivity (Wildman–Crippen MR) is 69.8 cm³/mol. The molecule has 1 aromatic carbocycles. The van der Waals surface area contributed by atoms with Crippen LogP contribution in [0.15, 0.2) is 22.7 Å². The second kappa shape index (κ2) is 6.89. The van der Waals surface area contributed by atoms with Crippen molar-refractivity contribution < 1.29 is 9.84 Å². The Morgan fingerprint density at radius 1 is 1.44 bits per heavy atom. The summed E-state index contributed by atoms with van der Waals surface area (Å²) in [6.45, 7) is 4.39. The first kappa shape index (κ1) is 13.5. The molecule has 1 rings (SSSR count). The lowest BCUT2D eigenvalue weighted by molar-refractivity contribution is 0.154. The molecule has 0 unspecified atom stereocenters. The highest BCUT2D eigenvalue weighted by atomic mass is 79.9. The standard InChI is InChI=1S/C12H18BrNO2/c1-3-16-7-6-14(2)12-5-4-10(9-15)8-11(12)13/h4-5,8,15H,3,6-7,9H2,1-2H3. The maximum absolute atomic E-state index is 9.01. The lowest BCUT2D eigenvalue weighted by atomic mass is 10.2. The van der Waals surface area contributed by atoms with Crippen LogP contribution in [-0.4, -0.2) is 31.9 Å². The quantitative estimate of drug-likeness (QED) is 0.816. The van der Waals surface area contributed by atoms with Gasteiger partial charge in [-0.25, -0.2) is 0 Å². The highest BCUT2D eigenvalue weighted by molar-refractivity contribution is 9.10. The molecule has 0 aromatic heterocycles. The summed E-state index contributed by atoms with van der Waals surface area (Å²) in [5.41, 5.74) is 2.02. The van der Waals surface area contributed by atoms with Crippen molar-refractivity contribution in [2.24, 2.45) is 0 Å². The molecule has 0 aliphatic carbocycles. The molecule has 16 heavy (non-hydrogen) atoms. The van der Waals surface area contributed by atoms with Crippen LogP contribution in [-0.2, 0) is 11.3 Å². The van der Waals surface area contributed by atoms with E-state index >= 15 is 0 Å². The van der Waals surface area contributed by atoms with Crippen LogP contribution in [0, 0.1) is 0 Å². The number of rotatable bonds is 6. The van der Waals surface area contributed by atoms with Gasteiger partial charge in [-0.1, -0.05) is 6.07 Å². The van der Waals surface area contributed by atoms with Crippen LogP contribution in [0.4, 0.5) is 5.69 Å². The Hall–Kier alpha value is -0.580. The number of nitrogens with zero attached hydrogens (tertiary/aromatic N) is 1. The summed E-state index contributed by atoms with van der Waals surface area (Å²) in [5, 5.41) is 9.01. The molecule has 0 aliphatic heterocycles. The Morgan fingerprint density at radius 2 is 2.19 bits per heavy atom. The van der Waals surface area contributed by atoms with Crippen LogP contribution in [0.25, 0.3) is 0 Å². The van der Waals surface area contributed by atoms with Crippen LogP contribution in [0.3, 0.4) is 0 Å². The highest BCUT2D eigenvalue weighted by Gasteiger charge is 2.06. The van der Waals surface area contributed by atoms with Crippen molar-refractivity contribution in [2.45, 2.75) is 13.5 Å². The van der Waals surface area contributed by atoms with Gasteiger partial charge in [-0.05, 0) is 40.5 Å². The number of anilines is 1. The fraction of sp³-hybridized carbons (Fsp3) is 0.500. The van der Waals surface area contributed by atoms with Gasteiger partial charge in [-0.15, -0.1) is 0 Å². The van der Waals surface area contributed by atoms with Gasteiger partial charge in [-0.2, -0.15) is 0 Å². The average molecular weight is 288 g/mol. The van der Waals surface area contributed by atoms with Crippen LogP contribution in [0.5, 0.6) is 0 Å². The molecular formula is C12H18BrNO2. The largest absolute Gasteiger partial charge is 0.392 e. The summed E-state index contributed by atoms with van der Waals surface area (Å²) in [6, 6.07) is 5.87. The Kier molecular flexibility index (Phi) is 5.80. The Labute approximate surface area is 105 Å². The van der Waals surface area contributed by atoms with Crippen LogP contribution < -0.4 is 4.90 Å². The third kappa shape index (κ3) is 3.77. The van der Waals surface area contributed by atoms with E-state index in [-0.39, 0.29) is 6.61 Å². The van der Waals surface area contributed by atoms with Crippen molar-refractivity contribution in [3.8, 4) is 0 Å². The van der Waals surface area contributed by atoms with E-state index in [4.69, 9.17) is 9.84 Å². The smallest absolute Gasteiger partial charge is 0.0682 e. The normalized spacial score (nSPS) is 10.5. The first-order valence-electron chi connectivity index (χ1n) is 5.37. The van der Waals surface area contributed by atoms with E-state index in [0.717, 1.165) is 35.5 Å². The number of aliphatic hydroxyl groups excluding tert-OH is 1. The molecule has 0 fully saturated rings. The zero-order valence-corrected chi connectivity index (χ0v) is 11.3. The SMILES string of the molecule is CCOCCN(C)c1ccc(CO)cc1Br. The third-order valence-electron chi connectivity index (χ3n) is 2.38. The Balaban J connectivity index is 2.64. The van der Waals surface area contributed by atoms with Gasteiger partial charge >= 0.3 is 0 Å². The van der Waals surface area contributed by atoms with E-state index in [1.54, 1.807) is 0 Å². The van der Waals surface area contributed by atoms with Gasteiger partial charge in [-0.3, -0.25) is 0 Å². The van der Waals surface area contributed by atoms with Crippen molar-refractivity contribution in [2.75, 3.05) is 31.7 Å². The molecule has 0 heterocycles. The zero-order valence-electron chi connectivity index (χ0n) is 9.74. The van der Waals surface area contributed by atoms with E-state index in [1.807, 2.05) is 32.2 Å². The van der Waals surface area contributed by atoms with Crippen molar-refractivity contribution in [1.29, 1.82) is 0 Å². The zero-order chi connectivity index (χ0) is 12.0. The molecule has 1 N–H and O–H groups in total. The van der Waals surface area contributed by atoms with Gasteiger partial charge in [0.1, 0.15) is 0 Å². The summed E-state index contributed by atoms with van der Waals surface area (Å²) in [5.74, 6) is 0. The molecule has 0 bridgehead atoms. The monoisotopic (exact) mass is 287 g/mol. The summed E-state index contributed by atoms with van der Waals surface area (Å²) in [4.78, 5) is 2.13. The van der Waals surface area contributed by atoms with Gasteiger partial charge in [0.15, 0.2) is 0 Å². The maximum Gasteiger partial charge on any atom is 0.0682 e. The summed E-state index contributed by atoms with van der Waals surface area (Å²) >= 11 is 3.50. The second-order valence-electron chi connectivity index (χ2n) is 3.56. The van der Waals surface area contributed by atoms with Crippen LogP contribution in [0.1, 0.15) is 12.5 Å². The van der Waals surface area contributed by atoms with Crippen LogP contribution >= 0.6 is 15.9 Å². The van der Waals surface area contributed by atoms with Gasteiger partial charge in [0.25, 0.3) is 0 Å². The van der Waals surface area contributed by atoms with E-state index in [9.17, 15) is 0 Å². The first-order valence-corrected chi connectivity index (χ1v) is 6.16. The number of halogens is 1. The Bertz CT molecular complexity index is 331. The molecule has 0 spiro atoms. The van der Waals surface area contributed by atoms with Gasteiger partial charge in [0, 0.05) is 24.7 Å². The summed E-state index contributed by atoms with van der Waals surface area (Å²) in [7, 11) is 2.03. The van der Waals surface area contributed by atoms with Crippen molar-refractivity contribution in [1.82, 2.24) is 0 Å². The molecule has 0 amide bonds. The summed E-state index contributed by atoms with van der Waals surface area (Å²) < 4.78 is 6.31. The van der Waals surface area contributed by atoms with Gasteiger partial charge in [0.2, 0.25) is 0 Å². The maximum atomic E-state index is 9.01. The average Bonchev–Trinajstić information content (AvgIpc) is 2.29. The van der Waals surface area contributed by atoms with Crippen molar-refractivity contribution in [3.63, 3.8) is 0 Å². The van der Waals surface area contributed by atoms with E-state index in [0.29, 0.717) is 0 Å². The minimum absolute atomic E-state index is 0.0710. The molecule has 1 aromatic rings. The van der Waals surface area contributed by atoms with E-state index in [1.165, 1.54) is 0 Å². The third-order valence-corrected chi connectivity index (χ3v) is 3.02. The van der Waals surface area contributed by atoms with Gasteiger partial charge < -0.3 is 14.7 Å². The molecular weight excluding hydrogens is 270 g/mol. The lowest BCUT2D eigenvalue weighted by Crippen LogP contribution is -2.22. The molecule has 0 atom stereocenters. The second-order valence-corrected chi connectivity index (χ2v) is 4.42. The molecule has 0 saturated heterocycles. The van der Waals surface area contributed by atoms with E-state index in [2.05, 4.69) is 20.8 Å². The predicted octanol–water partition coefficient (Wildman–Crippen LogP) is 2.41. The molecule has 3 nitrogen and oxygen atoms in total. The number of ether oxygens (including phenoxy) is 1. The topological polar surface area (TPSA) is 32.7 Å². The number of hydrogen-bond donors (Lipinski definition) is 1. The Morgan fingerprint density at radius 3 is 2.75 bits per heavy atom. The lowest BCUT2D eigenvalue weighted by Gasteiger charge is -2.20. The minimum Gasteiger partial charge on any atom is -0.392 e. The van der Waals surface area contributed by atoms with Gasteiger partial charge in [0.05, 0.1) is 18.9 Å². The molecule has 0 radical (unpaired) electrons. The number of likely N-dealkylation sites (N-methyl/N-ethyl adjacent to an activating group) is 1. The molecule has 0 saturated carbocycles. The highest BCUT2D eigenvalue weighted by Crippen LogP contribution is 2.26. The molecule has 0 aliphatic rings. The molecule has 4 heteroatoms.